The van der Waals surface area contributed by atoms with E-state index < -0.39 is 0 Å². The van der Waals surface area contributed by atoms with Gasteiger partial charge < -0.3 is 10.6 Å². The van der Waals surface area contributed by atoms with Crippen molar-refractivity contribution in [2.45, 2.75) is 44.2 Å². The van der Waals surface area contributed by atoms with Gasteiger partial charge in [-0.3, -0.25) is 4.79 Å². The summed E-state index contributed by atoms with van der Waals surface area (Å²) in [6.07, 6.45) is 6.12. The molecule has 1 fully saturated rings. The Morgan fingerprint density at radius 3 is 2.28 bits per heavy atom. The van der Waals surface area contributed by atoms with Gasteiger partial charge in [0.05, 0.1) is 6.04 Å². The number of rotatable bonds is 5. The SMILES string of the molecule is O=C(Nc1cc(Cl)cc(Cl)c1)[C@H]([NH2+]C1CCCCC1)c1ccccc1. The summed E-state index contributed by atoms with van der Waals surface area (Å²) in [7, 11) is 0. The average molecular weight is 378 g/mol. The van der Waals surface area contributed by atoms with Crippen molar-refractivity contribution in [3.63, 3.8) is 0 Å². The minimum Gasteiger partial charge on any atom is -0.330 e. The Labute approximate surface area is 158 Å². The van der Waals surface area contributed by atoms with Crippen LogP contribution >= 0.6 is 23.2 Å². The maximum absolute atomic E-state index is 13.0. The number of hydrogen-bond donors (Lipinski definition) is 2. The van der Waals surface area contributed by atoms with Gasteiger partial charge in [-0.15, -0.1) is 0 Å². The summed E-state index contributed by atoms with van der Waals surface area (Å²) in [5, 5.41) is 6.21. The van der Waals surface area contributed by atoms with Crippen molar-refractivity contribution < 1.29 is 10.1 Å². The molecule has 1 aliphatic carbocycles. The van der Waals surface area contributed by atoms with Crippen molar-refractivity contribution in [2.75, 3.05) is 5.32 Å². The molecule has 2 aromatic rings. The maximum atomic E-state index is 13.0. The number of hydrogen-bond acceptors (Lipinski definition) is 1. The first-order valence-electron chi connectivity index (χ1n) is 8.79. The maximum Gasteiger partial charge on any atom is 0.287 e. The Balaban J connectivity index is 1.78. The first-order valence-corrected chi connectivity index (χ1v) is 9.54. The predicted molar refractivity (Wildman–Crippen MR) is 103 cm³/mol. The lowest BCUT2D eigenvalue weighted by molar-refractivity contribution is -0.717. The molecule has 3 N–H and O–H groups in total. The van der Waals surface area contributed by atoms with Crippen LogP contribution in [0.5, 0.6) is 0 Å². The molecular weight excluding hydrogens is 355 g/mol. The van der Waals surface area contributed by atoms with Crippen molar-refractivity contribution in [1.82, 2.24) is 0 Å². The van der Waals surface area contributed by atoms with Crippen molar-refractivity contribution in [3.05, 3.63) is 64.1 Å². The van der Waals surface area contributed by atoms with E-state index in [0.29, 0.717) is 21.8 Å². The van der Waals surface area contributed by atoms with Gasteiger partial charge in [0.25, 0.3) is 5.91 Å². The zero-order valence-electron chi connectivity index (χ0n) is 14.1. The number of amides is 1. The zero-order chi connectivity index (χ0) is 17.6. The van der Waals surface area contributed by atoms with Gasteiger partial charge in [0, 0.05) is 21.3 Å². The van der Waals surface area contributed by atoms with E-state index in [2.05, 4.69) is 10.6 Å². The van der Waals surface area contributed by atoms with Crippen LogP contribution in [0.25, 0.3) is 0 Å². The third-order valence-electron chi connectivity index (χ3n) is 4.69. The van der Waals surface area contributed by atoms with Gasteiger partial charge in [-0.25, -0.2) is 0 Å². The molecule has 0 radical (unpaired) electrons. The minimum absolute atomic E-state index is 0.0462. The van der Waals surface area contributed by atoms with E-state index >= 15 is 0 Å². The summed E-state index contributed by atoms with van der Waals surface area (Å²) in [5.41, 5.74) is 1.64. The largest absolute Gasteiger partial charge is 0.330 e. The van der Waals surface area contributed by atoms with E-state index in [-0.39, 0.29) is 11.9 Å². The normalized spacial score (nSPS) is 16.4. The van der Waals surface area contributed by atoms with Crippen LogP contribution in [0.1, 0.15) is 43.7 Å². The van der Waals surface area contributed by atoms with Gasteiger partial charge in [0.1, 0.15) is 0 Å². The van der Waals surface area contributed by atoms with Crippen molar-refractivity contribution in [2.24, 2.45) is 0 Å². The molecule has 132 valence electrons. The standard InChI is InChI=1S/C20H22Cl2N2O/c21-15-11-16(22)13-18(12-15)24-20(25)19(14-7-3-1-4-8-14)23-17-9-5-2-6-10-17/h1,3-4,7-8,11-13,17,19,23H,2,5-6,9-10H2,(H,24,25)/p+1/t19-/m1/s1. The first-order chi connectivity index (χ1) is 12.1. The second kappa shape index (κ2) is 8.70. The summed E-state index contributed by atoms with van der Waals surface area (Å²) in [5.74, 6) is -0.0462. The Kier molecular flexibility index (Phi) is 6.35. The zero-order valence-corrected chi connectivity index (χ0v) is 15.6. The number of anilines is 1. The summed E-state index contributed by atoms with van der Waals surface area (Å²) in [4.78, 5) is 13.0. The molecule has 0 heterocycles. The van der Waals surface area contributed by atoms with Gasteiger partial charge in [-0.2, -0.15) is 0 Å². The molecule has 5 heteroatoms. The molecule has 1 saturated carbocycles. The van der Waals surface area contributed by atoms with Gasteiger partial charge >= 0.3 is 0 Å². The molecule has 0 aromatic heterocycles. The highest BCUT2D eigenvalue weighted by Gasteiger charge is 2.29. The number of benzene rings is 2. The van der Waals surface area contributed by atoms with Crippen LogP contribution in [0.2, 0.25) is 10.0 Å². The number of nitrogens with one attached hydrogen (secondary N) is 1. The van der Waals surface area contributed by atoms with E-state index in [9.17, 15) is 4.79 Å². The molecular formula is C20H23Cl2N2O+. The molecule has 25 heavy (non-hydrogen) atoms. The van der Waals surface area contributed by atoms with E-state index in [1.54, 1.807) is 18.2 Å². The lowest BCUT2D eigenvalue weighted by Gasteiger charge is -2.25. The second-order valence-electron chi connectivity index (χ2n) is 6.63. The molecule has 1 amide bonds. The minimum atomic E-state index is -0.276. The Morgan fingerprint density at radius 2 is 1.64 bits per heavy atom. The number of nitrogens with two attached hydrogens (primary N) is 1. The van der Waals surface area contributed by atoms with Crippen LogP contribution in [0.3, 0.4) is 0 Å². The highest BCUT2D eigenvalue weighted by molar-refractivity contribution is 6.35. The third kappa shape index (κ3) is 5.21. The molecule has 0 saturated heterocycles. The van der Waals surface area contributed by atoms with Gasteiger partial charge in [0.15, 0.2) is 6.04 Å². The van der Waals surface area contributed by atoms with Crippen LogP contribution in [0.15, 0.2) is 48.5 Å². The van der Waals surface area contributed by atoms with E-state index in [1.165, 1.54) is 32.1 Å². The number of carbonyl (C=O) groups excluding carboxylic acids is 1. The van der Waals surface area contributed by atoms with Gasteiger partial charge in [0.2, 0.25) is 0 Å². The summed E-state index contributed by atoms with van der Waals surface area (Å²) >= 11 is 12.1. The molecule has 2 aromatic carbocycles. The first kappa shape index (κ1) is 18.2. The Bertz CT molecular complexity index is 695. The quantitative estimate of drug-likeness (QED) is 0.787. The smallest absolute Gasteiger partial charge is 0.287 e. The predicted octanol–water partition coefficient (Wildman–Crippen LogP) is 4.57. The average Bonchev–Trinajstić information content (AvgIpc) is 2.60. The number of quaternary nitrogens is 1. The van der Waals surface area contributed by atoms with Crippen LogP contribution in [-0.2, 0) is 4.79 Å². The molecule has 0 bridgehead atoms. The Hall–Kier alpha value is -1.55. The van der Waals surface area contributed by atoms with E-state index in [0.717, 1.165) is 5.56 Å². The van der Waals surface area contributed by atoms with Crippen LogP contribution in [0, 0.1) is 0 Å². The van der Waals surface area contributed by atoms with Crippen molar-refractivity contribution >= 4 is 34.8 Å². The van der Waals surface area contributed by atoms with Gasteiger partial charge in [-0.1, -0.05) is 60.0 Å². The molecule has 0 aliphatic heterocycles. The van der Waals surface area contributed by atoms with Crippen molar-refractivity contribution in [1.29, 1.82) is 0 Å². The molecule has 0 spiro atoms. The van der Waals surface area contributed by atoms with E-state index in [1.807, 2.05) is 30.3 Å². The highest BCUT2D eigenvalue weighted by atomic mass is 35.5. The second-order valence-corrected chi connectivity index (χ2v) is 7.50. The van der Waals surface area contributed by atoms with Gasteiger partial charge in [-0.05, 0) is 43.9 Å². The topological polar surface area (TPSA) is 45.7 Å². The third-order valence-corrected chi connectivity index (χ3v) is 5.12. The highest BCUT2D eigenvalue weighted by Crippen LogP contribution is 2.23. The summed E-state index contributed by atoms with van der Waals surface area (Å²) < 4.78 is 0. The van der Waals surface area contributed by atoms with Crippen LogP contribution in [-0.4, -0.2) is 11.9 Å². The lowest BCUT2D eigenvalue weighted by atomic mass is 9.93. The molecule has 1 atom stereocenters. The molecule has 3 nitrogen and oxygen atoms in total. The molecule has 3 rings (SSSR count). The Morgan fingerprint density at radius 1 is 1.00 bits per heavy atom. The van der Waals surface area contributed by atoms with Crippen LogP contribution in [0.4, 0.5) is 5.69 Å². The number of carbonyl (C=O) groups is 1. The molecule has 1 aliphatic rings. The van der Waals surface area contributed by atoms with Crippen molar-refractivity contribution in [3.8, 4) is 0 Å². The fourth-order valence-corrected chi connectivity index (χ4v) is 3.98. The number of halogens is 2. The summed E-state index contributed by atoms with van der Waals surface area (Å²) in [6, 6.07) is 15.2. The fourth-order valence-electron chi connectivity index (χ4n) is 3.46. The lowest BCUT2D eigenvalue weighted by Crippen LogP contribution is -2.92. The monoisotopic (exact) mass is 377 g/mol. The van der Waals surface area contributed by atoms with Crippen LogP contribution < -0.4 is 10.6 Å². The summed E-state index contributed by atoms with van der Waals surface area (Å²) in [6.45, 7) is 0. The van der Waals surface area contributed by atoms with E-state index in [4.69, 9.17) is 23.2 Å². The molecule has 0 unspecified atom stereocenters. The fraction of sp³-hybridized carbons (Fsp3) is 0.350.